The van der Waals surface area contributed by atoms with Crippen molar-refractivity contribution in [3.05, 3.63) is 23.8 Å². The molecular formula is C11H13N3O5. The van der Waals surface area contributed by atoms with Crippen molar-refractivity contribution in [1.82, 2.24) is 5.32 Å². The number of carbonyl (C=O) groups excluding carboxylic acids is 3. The van der Waals surface area contributed by atoms with Gasteiger partial charge in [0, 0.05) is 0 Å². The number of primary amides is 1. The summed E-state index contributed by atoms with van der Waals surface area (Å²) in [6.07, 6.45) is 0. The number of hydrogen-bond acceptors (Lipinski definition) is 6. The quantitative estimate of drug-likeness (QED) is 0.503. The van der Waals surface area contributed by atoms with Gasteiger partial charge in [0.15, 0.2) is 6.61 Å². The van der Waals surface area contributed by atoms with E-state index < -0.39 is 24.5 Å². The molecule has 102 valence electrons. The maximum Gasteiger partial charge on any atom is 0.338 e. The maximum atomic E-state index is 11.6. The number of methoxy groups -OCH3 is 1. The lowest BCUT2D eigenvalue weighted by atomic mass is 10.2. The zero-order valence-electron chi connectivity index (χ0n) is 10.1. The SMILES string of the molecule is COc1ccc(C(=O)OCC(=O)NC(N)=O)cc1N. The number of ether oxygens (including phenoxy) is 2. The van der Waals surface area contributed by atoms with E-state index in [0.717, 1.165) is 0 Å². The summed E-state index contributed by atoms with van der Waals surface area (Å²) in [7, 11) is 1.44. The molecule has 3 amide bonds. The molecule has 0 bridgehead atoms. The molecule has 5 N–H and O–H groups in total. The second kappa shape index (κ2) is 6.24. The Morgan fingerprint density at radius 2 is 2.00 bits per heavy atom. The zero-order chi connectivity index (χ0) is 14.4. The van der Waals surface area contributed by atoms with E-state index in [4.69, 9.17) is 16.2 Å². The predicted octanol–water partition coefficient (Wildman–Crippen LogP) is -0.371. The number of anilines is 1. The van der Waals surface area contributed by atoms with Crippen LogP contribution in [0.5, 0.6) is 5.75 Å². The Morgan fingerprint density at radius 3 is 2.53 bits per heavy atom. The van der Waals surface area contributed by atoms with Crippen LogP contribution in [0, 0.1) is 0 Å². The Bertz CT molecular complexity index is 515. The number of nitrogens with one attached hydrogen (secondary N) is 1. The van der Waals surface area contributed by atoms with Gasteiger partial charge in [0.25, 0.3) is 5.91 Å². The first-order valence-electron chi connectivity index (χ1n) is 5.14. The van der Waals surface area contributed by atoms with E-state index in [1.165, 1.54) is 25.3 Å². The highest BCUT2D eigenvalue weighted by Gasteiger charge is 2.12. The number of imide groups is 1. The third kappa shape index (κ3) is 4.19. The molecule has 0 fully saturated rings. The third-order valence-electron chi connectivity index (χ3n) is 2.06. The number of benzene rings is 1. The van der Waals surface area contributed by atoms with Crippen LogP contribution >= 0.6 is 0 Å². The largest absolute Gasteiger partial charge is 0.495 e. The number of rotatable bonds is 4. The van der Waals surface area contributed by atoms with Crippen LogP contribution in [0.1, 0.15) is 10.4 Å². The van der Waals surface area contributed by atoms with Crippen LogP contribution < -0.4 is 21.5 Å². The van der Waals surface area contributed by atoms with Crippen molar-refractivity contribution in [2.45, 2.75) is 0 Å². The fourth-order valence-electron chi connectivity index (χ4n) is 1.25. The molecule has 0 aliphatic carbocycles. The summed E-state index contributed by atoms with van der Waals surface area (Å²) in [6.45, 7) is -0.617. The monoisotopic (exact) mass is 267 g/mol. The van der Waals surface area contributed by atoms with Crippen LogP contribution in [0.15, 0.2) is 18.2 Å². The summed E-state index contributed by atoms with van der Waals surface area (Å²) < 4.78 is 9.59. The minimum absolute atomic E-state index is 0.158. The van der Waals surface area contributed by atoms with Crippen molar-refractivity contribution in [3.8, 4) is 5.75 Å². The van der Waals surface area contributed by atoms with E-state index in [1.54, 1.807) is 5.32 Å². The molecule has 0 spiro atoms. The van der Waals surface area contributed by atoms with Crippen LogP contribution in [0.25, 0.3) is 0 Å². The summed E-state index contributed by atoms with van der Waals surface area (Å²) in [5.41, 5.74) is 10.8. The maximum absolute atomic E-state index is 11.6. The molecule has 0 saturated carbocycles. The van der Waals surface area contributed by atoms with Crippen LogP contribution in [-0.4, -0.2) is 31.6 Å². The van der Waals surface area contributed by atoms with Crippen LogP contribution in [0.3, 0.4) is 0 Å². The summed E-state index contributed by atoms with van der Waals surface area (Å²) in [5.74, 6) is -1.15. The van der Waals surface area contributed by atoms with Gasteiger partial charge in [-0.15, -0.1) is 0 Å². The molecule has 0 aliphatic rings. The third-order valence-corrected chi connectivity index (χ3v) is 2.06. The Balaban J connectivity index is 2.61. The highest BCUT2D eigenvalue weighted by Crippen LogP contribution is 2.22. The molecule has 1 aromatic carbocycles. The molecule has 1 rings (SSSR count). The molecule has 0 aliphatic heterocycles. The first kappa shape index (κ1) is 14.3. The number of hydrogen-bond donors (Lipinski definition) is 3. The number of nitrogens with two attached hydrogens (primary N) is 2. The zero-order valence-corrected chi connectivity index (χ0v) is 10.1. The molecule has 1 aromatic rings. The van der Waals surface area contributed by atoms with Gasteiger partial charge in [-0.05, 0) is 18.2 Å². The minimum Gasteiger partial charge on any atom is -0.495 e. The second-order valence-electron chi connectivity index (χ2n) is 3.45. The molecule has 0 aromatic heterocycles. The molecule has 0 heterocycles. The van der Waals surface area contributed by atoms with Crippen molar-refractivity contribution < 1.29 is 23.9 Å². The first-order chi connectivity index (χ1) is 8.93. The van der Waals surface area contributed by atoms with Gasteiger partial charge in [-0.3, -0.25) is 10.1 Å². The van der Waals surface area contributed by atoms with E-state index >= 15 is 0 Å². The fourth-order valence-corrected chi connectivity index (χ4v) is 1.25. The standard InChI is InChI=1S/C11H13N3O5/c1-18-8-3-2-6(4-7(8)12)10(16)19-5-9(15)14-11(13)17/h2-4H,5,12H2,1H3,(H3,13,14,15,17). The molecule has 0 atom stereocenters. The average Bonchev–Trinajstić information content (AvgIpc) is 2.35. The summed E-state index contributed by atoms with van der Waals surface area (Å²) in [5, 5.41) is 1.76. The molecule has 0 unspecified atom stereocenters. The van der Waals surface area contributed by atoms with Gasteiger partial charge in [-0.25, -0.2) is 9.59 Å². The molecule has 0 radical (unpaired) electrons. The highest BCUT2D eigenvalue weighted by molar-refractivity contribution is 5.96. The van der Waals surface area contributed by atoms with Crippen LogP contribution in [-0.2, 0) is 9.53 Å². The molecule has 8 nitrogen and oxygen atoms in total. The van der Waals surface area contributed by atoms with E-state index in [1.807, 2.05) is 0 Å². The Kier molecular flexibility index (Phi) is 4.69. The minimum atomic E-state index is -1.02. The number of nitrogen functional groups attached to an aromatic ring is 1. The Hall–Kier alpha value is -2.77. The number of esters is 1. The highest BCUT2D eigenvalue weighted by atomic mass is 16.5. The Morgan fingerprint density at radius 1 is 1.32 bits per heavy atom. The van der Waals surface area contributed by atoms with E-state index in [9.17, 15) is 14.4 Å². The predicted molar refractivity (Wildman–Crippen MR) is 65.4 cm³/mol. The topological polar surface area (TPSA) is 134 Å². The lowest BCUT2D eigenvalue weighted by Crippen LogP contribution is -2.37. The smallest absolute Gasteiger partial charge is 0.338 e. The first-order valence-corrected chi connectivity index (χ1v) is 5.14. The lowest BCUT2D eigenvalue weighted by molar-refractivity contribution is -0.123. The fraction of sp³-hybridized carbons (Fsp3) is 0.182. The summed E-state index contributed by atoms with van der Waals surface area (Å²) in [4.78, 5) is 33.0. The molecular weight excluding hydrogens is 254 g/mol. The van der Waals surface area contributed by atoms with E-state index in [2.05, 4.69) is 4.74 Å². The van der Waals surface area contributed by atoms with Crippen molar-refractivity contribution in [2.24, 2.45) is 5.73 Å². The van der Waals surface area contributed by atoms with Gasteiger partial charge >= 0.3 is 12.0 Å². The van der Waals surface area contributed by atoms with Gasteiger partial charge < -0.3 is 20.9 Å². The van der Waals surface area contributed by atoms with Gasteiger partial charge in [0.2, 0.25) is 0 Å². The van der Waals surface area contributed by atoms with Gasteiger partial charge in [-0.1, -0.05) is 0 Å². The van der Waals surface area contributed by atoms with Crippen LogP contribution in [0.2, 0.25) is 0 Å². The van der Waals surface area contributed by atoms with Crippen molar-refractivity contribution in [3.63, 3.8) is 0 Å². The summed E-state index contributed by atoms with van der Waals surface area (Å²) in [6, 6.07) is 3.27. The van der Waals surface area contributed by atoms with E-state index in [0.29, 0.717) is 5.75 Å². The van der Waals surface area contributed by atoms with Crippen molar-refractivity contribution in [1.29, 1.82) is 0 Å². The number of urea groups is 1. The molecule has 0 saturated heterocycles. The lowest BCUT2D eigenvalue weighted by Gasteiger charge is -2.07. The van der Waals surface area contributed by atoms with Crippen molar-refractivity contribution >= 4 is 23.6 Å². The Labute approximate surface area is 108 Å². The summed E-state index contributed by atoms with van der Waals surface area (Å²) >= 11 is 0. The van der Waals surface area contributed by atoms with Gasteiger partial charge in [-0.2, -0.15) is 0 Å². The van der Waals surface area contributed by atoms with E-state index in [-0.39, 0.29) is 11.3 Å². The molecule has 8 heteroatoms. The van der Waals surface area contributed by atoms with Crippen LogP contribution in [0.4, 0.5) is 10.5 Å². The number of amides is 3. The second-order valence-corrected chi connectivity index (χ2v) is 3.45. The van der Waals surface area contributed by atoms with Gasteiger partial charge in [0.05, 0.1) is 18.4 Å². The normalized spacial score (nSPS) is 9.53. The van der Waals surface area contributed by atoms with Gasteiger partial charge in [0.1, 0.15) is 5.75 Å². The van der Waals surface area contributed by atoms with Crippen molar-refractivity contribution in [2.75, 3.05) is 19.5 Å². The molecule has 19 heavy (non-hydrogen) atoms. The number of carbonyl (C=O) groups is 3. The average molecular weight is 267 g/mol.